The molecule has 0 saturated carbocycles. The second-order valence-corrected chi connectivity index (χ2v) is 20.1. The van der Waals surface area contributed by atoms with Gasteiger partial charge in [0.1, 0.15) is 12.7 Å². The normalized spacial score (nSPS) is 14.5. The van der Waals surface area contributed by atoms with Crippen molar-refractivity contribution in [1.29, 1.82) is 0 Å². The predicted molar refractivity (Wildman–Crippen MR) is 325 cm³/mol. The second kappa shape index (κ2) is 58.3. The lowest BCUT2D eigenvalue weighted by molar-refractivity contribution is -0.161. The van der Waals surface area contributed by atoms with Crippen molar-refractivity contribution < 1.29 is 52.2 Å². The summed E-state index contributed by atoms with van der Waals surface area (Å²) in [4.78, 5) is 48.6. The first-order valence-corrected chi connectivity index (χ1v) is 30.9. The summed E-state index contributed by atoms with van der Waals surface area (Å²) in [5, 5.41) is 9.83. The van der Waals surface area contributed by atoms with Crippen LogP contribution in [0.5, 0.6) is 0 Å². The van der Waals surface area contributed by atoms with Gasteiger partial charge in [-0.2, -0.15) is 0 Å². The molecule has 0 aromatic carbocycles. The second-order valence-electron chi connectivity index (χ2n) is 18.7. The summed E-state index contributed by atoms with van der Waals surface area (Å²) in [5.41, 5.74) is 0. The Balaban J connectivity index is 4.88. The molecule has 0 saturated heterocycles. The summed E-state index contributed by atoms with van der Waals surface area (Å²) >= 11 is 0. The van der Waals surface area contributed by atoms with Crippen LogP contribution in [0.2, 0.25) is 0 Å². The van der Waals surface area contributed by atoms with E-state index >= 15 is 0 Å². The number of carbonyl (C=O) groups excluding carboxylic acids is 3. The van der Waals surface area contributed by atoms with Crippen molar-refractivity contribution in [2.45, 2.75) is 213 Å². The highest BCUT2D eigenvalue weighted by molar-refractivity contribution is 7.47. The van der Waals surface area contributed by atoms with Crippen LogP contribution in [0.15, 0.2) is 158 Å². The molecule has 12 heteroatoms. The number of unbranched alkanes of at least 4 members (excludes halogenated alkanes) is 9. The molecule has 11 nitrogen and oxygen atoms in total. The standard InChI is InChI=1S/C66H103O11P/c1-4-7-10-13-16-19-22-25-28-30-31-33-36-39-42-45-48-51-54-57-66(70)77-63(59-73-64(68)55-52-49-46-43-40-37-34-27-24-21-18-15-12-9-6-3)61-75-78(71,72)74-60-62(58-67)76-65(69)56-53-50-47-44-41-38-35-32-29-26-23-20-17-14-11-8-5-2/h7-12,16-21,25-29,31,33-35,38-40,42-43,62-63,67H,4-6,13-15,22-24,30,32,36-37,41,44-61H2,1-3H3,(H,71,72)/b10-7-,11-8-,12-9-,19-16-,20-17-,21-18-,28-25-,29-26-,33-31-,34-27-,38-35-,42-39-,43-40-. The molecule has 0 aliphatic carbocycles. The average Bonchev–Trinajstić information content (AvgIpc) is 3.43. The SMILES string of the molecule is CC/C=C\C/C=C\C/C=C\C/C=C\C/C=C\CCCCCC(=O)OC(COC(=O)CCCC/C=C\C/C=C\C/C=C\C/C=C\CC)COP(=O)(O)OCC(CO)OC(=O)CCCCCC/C=C\C/C=C\C/C=C\C/C=C\CC. The Hall–Kier alpha value is -4.90. The third kappa shape index (κ3) is 55.8. The topological polar surface area (TPSA) is 155 Å². The number of esters is 3. The van der Waals surface area contributed by atoms with E-state index in [1.54, 1.807) is 0 Å². The molecule has 0 aromatic rings. The molecule has 78 heavy (non-hydrogen) atoms. The molecule has 0 aliphatic rings. The van der Waals surface area contributed by atoms with E-state index in [4.69, 9.17) is 23.3 Å². The summed E-state index contributed by atoms with van der Waals surface area (Å²) < 4.78 is 39.5. The van der Waals surface area contributed by atoms with Gasteiger partial charge in [0.05, 0.1) is 19.8 Å². The number of phosphoric acid groups is 1. The lowest BCUT2D eigenvalue weighted by Gasteiger charge is -2.21. The van der Waals surface area contributed by atoms with Crippen LogP contribution < -0.4 is 0 Å². The minimum absolute atomic E-state index is 0.107. The molecule has 0 aliphatic heterocycles. The highest BCUT2D eigenvalue weighted by Gasteiger charge is 2.28. The molecule has 3 atom stereocenters. The van der Waals surface area contributed by atoms with E-state index in [2.05, 4.69) is 179 Å². The van der Waals surface area contributed by atoms with Crippen LogP contribution in [0.4, 0.5) is 0 Å². The number of allylic oxidation sites excluding steroid dienone is 26. The van der Waals surface area contributed by atoms with Crippen LogP contribution >= 0.6 is 7.82 Å². The van der Waals surface area contributed by atoms with Gasteiger partial charge in [-0.25, -0.2) is 4.57 Å². The Labute approximate surface area is 473 Å². The lowest BCUT2D eigenvalue weighted by atomic mass is 10.1. The van der Waals surface area contributed by atoms with E-state index in [-0.39, 0.29) is 25.9 Å². The number of ether oxygens (including phenoxy) is 3. The number of rotatable bonds is 52. The summed E-state index contributed by atoms with van der Waals surface area (Å²) in [6.45, 7) is 4.16. The lowest BCUT2D eigenvalue weighted by Crippen LogP contribution is -2.30. The van der Waals surface area contributed by atoms with Crippen molar-refractivity contribution in [3.8, 4) is 0 Å². The summed E-state index contributed by atoms with van der Waals surface area (Å²) in [6, 6.07) is 0. The molecule has 0 rings (SSSR count). The number of carbonyl (C=O) groups is 3. The maximum Gasteiger partial charge on any atom is 0.472 e. The van der Waals surface area contributed by atoms with Crippen LogP contribution in [-0.4, -0.2) is 66.5 Å². The van der Waals surface area contributed by atoms with E-state index < -0.39 is 57.8 Å². The third-order valence-corrected chi connectivity index (χ3v) is 12.4. The smallest absolute Gasteiger partial charge is 0.462 e. The monoisotopic (exact) mass is 1100 g/mol. The molecule has 0 bridgehead atoms. The molecule has 2 N–H and O–H groups in total. The van der Waals surface area contributed by atoms with Crippen LogP contribution in [0.1, 0.15) is 201 Å². The van der Waals surface area contributed by atoms with E-state index in [1.165, 1.54) is 0 Å². The van der Waals surface area contributed by atoms with Crippen LogP contribution in [-0.2, 0) is 42.2 Å². The van der Waals surface area contributed by atoms with Gasteiger partial charge < -0.3 is 24.2 Å². The van der Waals surface area contributed by atoms with Gasteiger partial charge in [-0.3, -0.25) is 23.4 Å². The molecule has 0 heterocycles. The summed E-state index contributed by atoms with van der Waals surface area (Å²) in [7, 11) is -4.79. The van der Waals surface area contributed by atoms with Gasteiger partial charge in [-0.1, -0.05) is 198 Å². The Morgan fingerprint density at radius 2 is 0.628 bits per heavy atom. The quantitative estimate of drug-likeness (QED) is 0.0197. The van der Waals surface area contributed by atoms with Crippen molar-refractivity contribution in [3.63, 3.8) is 0 Å². The van der Waals surface area contributed by atoms with Gasteiger partial charge in [-0.05, 0) is 141 Å². The summed E-state index contributed by atoms with van der Waals surface area (Å²) in [6.07, 6.45) is 76.3. The first kappa shape index (κ1) is 73.1. The first-order valence-electron chi connectivity index (χ1n) is 29.4. The fourth-order valence-corrected chi connectivity index (χ4v) is 7.85. The zero-order valence-corrected chi connectivity index (χ0v) is 49.2. The molecule has 0 amide bonds. The summed E-state index contributed by atoms with van der Waals surface area (Å²) in [5.74, 6) is -1.60. The molecule has 0 radical (unpaired) electrons. The molecular weight excluding hydrogens is 1000 g/mol. The molecule has 438 valence electrons. The maximum absolute atomic E-state index is 12.9. The number of aliphatic hydroxyl groups is 1. The minimum atomic E-state index is -4.79. The van der Waals surface area contributed by atoms with E-state index in [0.29, 0.717) is 19.3 Å². The Morgan fingerprint density at radius 3 is 0.987 bits per heavy atom. The Kier molecular flexibility index (Phi) is 54.6. The largest absolute Gasteiger partial charge is 0.472 e. The fourth-order valence-electron chi connectivity index (χ4n) is 7.07. The minimum Gasteiger partial charge on any atom is -0.462 e. The van der Waals surface area contributed by atoms with Gasteiger partial charge in [-0.15, -0.1) is 0 Å². The first-order chi connectivity index (χ1) is 38.2. The van der Waals surface area contributed by atoms with Gasteiger partial charge in [0, 0.05) is 19.3 Å². The predicted octanol–water partition coefficient (Wildman–Crippen LogP) is 17.7. The zero-order chi connectivity index (χ0) is 56.9. The zero-order valence-electron chi connectivity index (χ0n) is 48.3. The van der Waals surface area contributed by atoms with Gasteiger partial charge >= 0.3 is 25.7 Å². The van der Waals surface area contributed by atoms with Crippen molar-refractivity contribution in [1.82, 2.24) is 0 Å². The molecule has 0 fully saturated rings. The van der Waals surface area contributed by atoms with E-state index in [0.717, 1.165) is 141 Å². The number of phosphoric ester groups is 1. The highest BCUT2D eigenvalue weighted by Crippen LogP contribution is 2.43. The highest BCUT2D eigenvalue weighted by atomic mass is 31.2. The van der Waals surface area contributed by atoms with Crippen molar-refractivity contribution in [2.75, 3.05) is 26.4 Å². The number of hydrogen-bond donors (Lipinski definition) is 2. The fraction of sp³-hybridized carbons (Fsp3) is 0.561. The van der Waals surface area contributed by atoms with E-state index in [9.17, 15) is 28.9 Å². The van der Waals surface area contributed by atoms with Crippen molar-refractivity contribution >= 4 is 25.7 Å². The molecule has 0 spiro atoms. The number of aliphatic hydroxyl groups excluding tert-OH is 1. The molecule has 0 aromatic heterocycles. The Morgan fingerprint density at radius 1 is 0.359 bits per heavy atom. The molecule has 3 unspecified atom stereocenters. The van der Waals surface area contributed by atoms with Crippen LogP contribution in [0.3, 0.4) is 0 Å². The van der Waals surface area contributed by atoms with Crippen LogP contribution in [0.25, 0.3) is 0 Å². The van der Waals surface area contributed by atoms with Crippen molar-refractivity contribution in [2.24, 2.45) is 0 Å². The van der Waals surface area contributed by atoms with Gasteiger partial charge in [0.25, 0.3) is 0 Å². The average molecular weight is 1100 g/mol. The van der Waals surface area contributed by atoms with Crippen LogP contribution in [0, 0.1) is 0 Å². The third-order valence-electron chi connectivity index (χ3n) is 11.4. The van der Waals surface area contributed by atoms with Crippen molar-refractivity contribution in [3.05, 3.63) is 158 Å². The molecular formula is C66H103O11P. The van der Waals surface area contributed by atoms with E-state index in [1.807, 2.05) is 0 Å². The Bertz CT molecular complexity index is 1910. The van der Waals surface area contributed by atoms with Gasteiger partial charge in [0.15, 0.2) is 6.10 Å². The van der Waals surface area contributed by atoms with Gasteiger partial charge in [0.2, 0.25) is 0 Å². The number of hydrogen-bond acceptors (Lipinski definition) is 10. The maximum atomic E-state index is 12.9.